The Labute approximate surface area is 125 Å². The van der Waals surface area contributed by atoms with E-state index in [1.165, 1.54) is 19.3 Å². The average Bonchev–Trinajstić information content (AvgIpc) is 2.68. The van der Waals surface area contributed by atoms with Crippen LogP contribution in [0.4, 0.5) is 0 Å². The maximum Gasteiger partial charge on any atom is 0.0962 e. The number of halogens is 1. The Balaban J connectivity index is 1.66. The minimum Gasteiger partial charge on any atom is -0.375 e. The average molecular weight is 331 g/mol. The number of hydrogen-bond acceptors (Lipinski definition) is 2. The summed E-state index contributed by atoms with van der Waals surface area (Å²) in [5, 5.41) is 0. The van der Waals surface area contributed by atoms with E-state index in [0.717, 1.165) is 18.9 Å². The zero-order valence-electron chi connectivity index (χ0n) is 12.6. The predicted molar refractivity (Wildman–Crippen MR) is 80.6 cm³/mol. The molecule has 0 saturated heterocycles. The third-order valence-electron chi connectivity index (χ3n) is 6.59. The molecule has 3 aliphatic carbocycles. The van der Waals surface area contributed by atoms with Gasteiger partial charge >= 0.3 is 0 Å². The zero-order chi connectivity index (χ0) is 13.8. The van der Waals surface area contributed by atoms with Gasteiger partial charge in [-0.3, -0.25) is 0 Å². The zero-order valence-corrected chi connectivity index (χ0v) is 14.2. The SMILES string of the molecule is CCOC1C(Br)CC1OC1CC2CCC1(C)C2(C)C. The van der Waals surface area contributed by atoms with E-state index < -0.39 is 0 Å². The summed E-state index contributed by atoms with van der Waals surface area (Å²) in [6.07, 6.45) is 6.09. The van der Waals surface area contributed by atoms with Crippen LogP contribution in [0.2, 0.25) is 0 Å². The van der Waals surface area contributed by atoms with Gasteiger partial charge in [0.2, 0.25) is 0 Å². The second-order valence-electron chi connectivity index (χ2n) is 7.45. The number of hydrogen-bond donors (Lipinski definition) is 0. The van der Waals surface area contributed by atoms with Gasteiger partial charge in [-0.15, -0.1) is 0 Å². The molecule has 0 aromatic rings. The van der Waals surface area contributed by atoms with E-state index in [9.17, 15) is 0 Å². The van der Waals surface area contributed by atoms with Crippen LogP contribution in [0.3, 0.4) is 0 Å². The molecule has 0 aromatic heterocycles. The van der Waals surface area contributed by atoms with Crippen molar-refractivity contribution in [3.8, 4) is 0 Å². The first-order valence-corrected chi connectivity index (χ1v) is 8.73. The van der Waals surface area contributed by atoms with Crippen molar-refractivity contribution in [2.24, 2.45) is 16.7 Å². The molecule has 6 atom stereocenters. The summed E-state index contributed by atoms with van der Waals surface area (Å²) in [6.45, 7) is 10.2. The van der Waals surface area contributed by atoms with Gasteiger partial charge in [0, 0.05) is 11.4 Å². The molecule has 0 aliphatic heterocycles. The first-order chi connectivity index (χ1) is 8.90. The summed E-state index contributed by atoms with van der Waals surface area (Å²) in [7, 11) is 0. The van der Waals surface area contributed by atoms with Crippen LogP contribution >= 0.6 is 15.9 Å². The lowest BCUT2D eigenvalue weighted by Gasteiger charge is -2.46. The van der Waals surface area contributed by atoms with Gasteiger partial charge < -0.3 is 9.47 Å². The Morgan fingerprint density at radius 3 is 2.42 bits per heavy atom. The van der Waals surface area contributed by atoms with E-state index in [1.807, 2.05) is 0 Å². The topological polar surface area (TPSA) is 18.5 Å². The highest BCUT2D eigenvalue weighted by Crippen LogP contribution is 2.66. The maximum absolute atomic E-state index is 6.50. The summed E-state index contributed by atoms with van der Waals surface area (Å²) < 4.78 is 12.3. The molecule has 0 heterocycles. The van der Waals surface area contributed by atoms with E-state index in [1.54, 1.807) is 0 Å². The van der Waals surface area contributed by atoms with Crippen LogP contribution in [0.15, 0.2) is 0 Å². The highest BCUT2D eigenvalue weighted by Gasteiger charge is 2.62. The van der Waals surface area contributed by atoms with Crippen molar-refractivity contribution < 1.29 is 9.47 Å². The van der Waals surface area contributed by atoms with Gasteiger partial charge in [0.25, 0.3) is 0 Å². The largest absolute Gasteiger partial charge is 0.375 e. The first-order valence-electron chi connectivity index (χ1n) is 7.81. The quantitative estimate of drug-likeness (QED) is 0.720. The molecule has 19 heavy (non-hydrogen) atoms. The fourth-order valence-corrected chi connectivity index (χ4v) is 5.47. The van der Waals surface area contributed by atoms with Crippen LogP contribution in [0.1, 0.15) is 53.4 Å². The van der Waals surface area contributed by atoms with Gasteiger partial charge in [-0.1, -0.05) is 36.7 Å². The third kappa shape index (κ3) is 1.95. The lowest BCUT2D eigenvalue weighted by molar-refractivity contribution is -0.171. The van der Waals surface area contributed by atoms with Crippen LogP contribution in [-0.4, -0.2) is 29.7 Å². The van der Waals surface area contributed by atoms with Gasteiger partial charge in [0.1, 0.15) is 0 Å². The van der Waals surface area contributed by atoms with Crippen molar-refractivity contribution in [3.63, 3.8) is 0 Å². The van der Waals surface area contributed by atoms with E-state index in [-0.39, 0.29) is 6.10 Å². The normalized spacial score (nSPS) is 51.3. The lowest BCUT2D eigenvalue weighted by atomic mass is 9.70. The van der Waals surface area contributed by atoms with Crippen LogP contribution in [0.5, 0.6) is 0 Å². The standard InChI is InChI=1S/C16H27BrO2/c1-5-18-14-11(17)9-12(14)19-13-8-10-6-7-16(13,4)15(10,2)3/h10-14H,5-9H2,1-4H3. The number of ether oxygens (including phenoxy) is 2. The van der Waals surface area contributed by atoms with Crippen LogP contribution in [-0.2, 0) is 9.47 Å². The highest BCUT2D eigenvalue weighted by atomic mass is 79.9. The highest BCUT2D eigenvalue weighted by molar-refractivity contribution is 9.09. The molecule has 3 fully saturated rings. The van der Waals surface area contributed by atoms with Crippen molar-refractivity contribution in [2.75, 3.05) is 6.61 Å². The van der Waals surface area contributed by atoms with Crippen molar-refractivity contribution >= 4 is 15.9 Å². The summed E-state index contributed by atoms with van der Waals surface area (Å²) >= 11 is 3.69. The smallest absolute Gasteiger partial charge is 0.0962 e. The second kappa shape index (κ2) is 4.71. The summed E-state index contributed by atoms with van der Waals surface area (Å²) in [6, 6.07) is 0. The van der Waals surface area contributed by atoms with Crippen molar-refractivity contribution in [1.82, 2.24) is 0 Å². The summed E-state index contributed by atoms with van der Waals surface area (Å²) in [5.41, 5.74) is 0.808. The van der Waals surface area contributed by atoms with Gasteiger partial charge in [-0.05, 0) is 49.4 Å². The molecule has 0 aromatic carbocycles. The fraction of sp³-hybridized carbons (Fsp3) is 1.00. The van der Waals surface area contributed by atoms with Crippen LogP contribution < -0.4 is 0 Å². The molecule has 2 bridgehead atoms. The molecule has 0 amide bonds. The molecule has 3 rings (SSSR count). The van der Waals surface area contributed by atoms with E-state index >= 15 is 0 Å². The molecule has 2 nitrogen and oxygen atoms in total. The maximum atomic E-state index is 6.50. The predicted octanol–water partition coefficient (Wildman–Crippen LogP) is 4.16. The number of fused-ring (bicyclic) bond motifs is 2. The van der Waals surface area contributed by atoms with Gasteiger partial charge in [0.15, 0.2) is 0 Å². The summed E-state index contributed by atoms with van der Waals surface area (Å²) in [4.78, 5) is 0.483. The van der Waals surface area contributed by atoms with Crippen molar-refractivity contribution in [3.05, 3.63) is 0 Å². The Morgan fingerprint density at radius 1 is 1.21 bits per heavy atom. The Hall–Kier alpha value is 0.400. The molecule has 3 aliphatic rings. The minimum atomic E-state index is 0.260. The minimum absolute atomic E-state index is 0.260. The van der Waals surface area contributed by atoms with E-state index in [0.29, 0.717) is 27.9 Å². The Bertz CT molecular complexity index is 357. The number of rotatable bonds is 4. The Morgan fingerprint density at radius 2 is 1.95 bits per heavy atom. The van der Waals surface area contributed by atoms with Crippen LogP contribution in [0.25, 0.3) is 0 Å². The van der Waals surface area contributed by atoms with E-state index in [2.05, 4.69) is 43.6 Å². The molecule has 3 heteroatoms. The molecule has 0 radical (unpaired) electrons. The molecule has 0 spiro atoms. The monoisotopic (exact) mass is 330 g/mol. The van der Waals surface area contributed by atoms with Gasteiger partial charge in [-0.2, -0.15) is 0 Å². The van der Waals surface area contributed by atoms with Gasteiger partial charge in [-0.25, -0.2) is 0 Å². The van der Waals surface area contributed by atoms with E-state index in [4.69, 9.17) is 9.47 Å². The van der Waals surface area contributed by atoms with Crippen molar-refractivity contribution in [2.45, 2.75) is 76.5 Å². The molecule has 110 valence electrons. The molecule has 0 N–H and O–H groups in total. The van der Waals surface area contributed by atoms with Gasteiger partial charge in [0.05, 0.1) is 18.3 Å². The summed E-state index contributed by atoms with van der Waals surface area (Å²) in [5.74, 6) is 0.855. The molecular weight excluding hydrogens is 304 g/mol. The Kier molecular flexibility index (Phi) is 3.55. The molecule has 6 unspecified atom stereocenters. The lowest BCUT2D eigenvalue weighted by Crippen LogP contribution is -2.53. The van der Waals surface area contributed by atoms with Crippen LogP contribution in [0, 0.1) is 16.7 Å². The second-order valence-corrected chi connectivity index (χ2v) is 8.62. The molecular formula is C16H27BrO2. The first kappa shape index (κ1) is 14.3. The third-order valence-corrected chi connectivity index (χ3v) is 7.49. The van der Waals surface area contributed by atoms with Crippen molar-refractivity contribution in [1.29, 1.82) is 0 Å². The number of alkyl halides is 1. The fourth-order valence-electron chi connectivity index (χ4n) is 4.61. The molecule has 3 saturated carbocycles.